The van der Waals surface area contributed by atoms with Gasteiger partial charge in [0.05, 0.1) is 17.4 Å². The molecule has 0 saturated heterocycles. The molecule has 0 aliphatic carbocycles. The number of carbonyl (C=O) groups is 1. The third kappa shape index (κ3) is 4.17. The first-order valence-corrected chi connectivity index (χ1v) is 6.13. The molecule has 1 aromatic rings. The van der Waals surface area contributed by atoms with Crippen molar-refractivity contribution >= 4 is 11.7 Å². The van der Waals surface area contributed by atoms with E-state index in [1.807, 2.05) is 0 Å². The van der Waals surface area contributed by atoms with Crippen LogP contribution in [0.5, 0.6) is 0 Å². The lowest BCUT2D eigenvalue weighted by atomic mass is 10.1. The topological polar surface area (TPSA) is 65.5 Å². The zero-order valence-electron chi connectivity index (χ0n) is 11.7. The minimum Gasteiger partial charge on any atom is -0.389 e. The van der Waals surface area contributed by atoms with Gasteiger partial charge in [-0.2, -0.15) is 0 Å². The Kier molecular flexibility index (Phi) is 4.83. The highest BCUT2D eigenvalue weighted by Crippen LogP contribution is 2.17. The maximum Gasteiger partial charge on any atom is 0.257 e. The minimum atomic E-state index is -1.01. The number of carbonyl (C=O) groups excluding carboxylic acids is 1. The maximum atomic E-state index is 13.2. The minimum absolute atomic E-state index is 0.161. The molecule has 0 aliphatic rings. The number of rotatable bonds is 5. The van der Waals surface area contributed by atoms with Gasteiger partial charge in [-0.3, -0.25) is 4.79 Å². The lowest BCUT2D eigenvalue weighted by molar-refractivity contribution is 0.0315. The standard InChI is InChI=1S/C13H20FN3O2/c1-5-17(8-13(2,3)19)12(18)10-6-9(14)7-16-11(10)15-4/h6-7,19H,5,8H2,1-4H3,(H,15,16). The Balaban J connectivity index is 3.06. The molecule has 0 unspecified atom stereocenters. The van der Waals surface area contributed by atoms with Gasteiger partial charge in [0.1, 0.15) is 11.6 Å². The molecule has 0 fully saturated rings. The SMILES string of the molecule is CCN(CC(C)(C)O)C(=O)c1cc(F)cnc1NC. The zero-order valence-corrected chi connectivity index (χ0v) is 11.7. The van der Waals surface area contributed by atoms with Crippen molar-refractivity contribution < 1.29 is 14.3 Å². The number of hydrogen-bond donors (Lipinski definition) is 2. The number of nitrogens with one attached hydrogen (secondary N) is 1. The summed E-state index contributed by atoms with van der Waals surface area (Å²) in [7, 11) is 1.61. The number of aromatic nitrogens is 1. The average Bonchev–Trinajstić information content (AvgIpc) is 2.34. The van der Waals surface area contributed by atoms with Crippen molar-refractivity contribution in [2.75, 3.05) is 25.5 Å². The van der Waals surface area contributed by atoms with Crippen LogP contribution in [0.2, 0.25) is 0 Å². The normalized spacial score (nSPS) is 11.3. The van der Waals surface area contributed by atoms with Crippen LogP contribution in [0.25, 0.3) is 0 Å². The van der Waals surface area contributed by atoms with Crippen molar-refractivity contribution in [3.05, 3.63) is 23.6 Å². The van der Waals surface area contributed by atoms with Crippen molar-refractivity contribution in [1.82, 2.24) is 9.88 Å². The van der Waals surface area contributed by atoms with Gasteiger partial charge in [0.2, 0.25) is 0 Å². The van der Waals surface area contributed by atoms with Gasteiger partial charge in [0.25, 0.3) is 5.91 Å². The monoisotopic (exact) mass is 269 g/mol. The molecule has 19 heavy (non-hydrogen) atoms. The number of hydrogen-bond acceptors (Lipinski definition) is 4. The molecule has 1 aromatic heterocycles. The van der Waals surface area contributed by atoms with E-state index in [0.29, 0.717) is 12.4 Å². The average molecular weight is 269 g/mol. The fourth-order valence-electron chi connectivity index (χ4n) is 1.77. The number of pyridine rings is 1. The second-order valence-corrected chi connectivity index (χ2v) is 4.93. The van der Waals surface area contributed by atoms with Crippen molar-refractivity contribution in [2.24, 2.45) is 0 Å². The van der Waals surface area contributed by atoms with E-state index in [9.17, 15) is 14.3 Å². The Morgan fingerprint density at radius 1 is 1.58 bits per heavy atom. The predicted octanol–water partition coefficient (Wildman–Crippen LogP) is 1.50. The molecule has 0 spiro atoms. The van der Waals surface area contributed by atoms with Crippen LogP contribution in [-0.4, -0.2) is 46.6 Å². The van der Waals surface area contributed by atoms with Crippen LogP contribution in [-0.2, 0) is 0 Å². The summed E-state index contributed by atoms with van der Waals surface area (Å²) in [6.07, 6.45) is 1.05. The first kappa shape index (κ1) is 15.4. The molecule has 106 valence electrons. The van der Waals surface area contributed by atoms with Gasteiger partial charge in [0.15, 0.2) is 0 Å². The summed E-state index contributed by atoms with van der Waals surface area (Å²) >= 11 is 0. The Bertz CT molecular complexity index is 458. The van der Waals surface area contributed by atoms with Crippen LogP contribution in [0.3, 0.4) is 0 Å². The second kappa shape index (κ2) is 5.97. The summed E-state index contributed by atoms with van der Waals surface area (Å²) in [6, 6.07) is 1.15. The fraction of sp³-hybridized carbons (Fsp3) is 0.538. The lowest BCUT2D eigenvalue weighted by Gasteiger charge is -2.28. The second-order valence-electron chi connectivity index (χ2n) is 4.93. The predicted molar refractivity (Wildman–Crippen MR) is 71.6 cm³/mol. The summed E-state index contributed by atoms with van der Waals surface area (Å²) in [5.41, 5.74) is -0.847. The molecule has 0 radical (unpaired) electrons. The molecule has 0 saturated carbocycles. The Hall–Kier alpha value is -1.69. The largest absolute Gasteiger partial charge is 0.389 e. The molecular weight excluding hydrogens is 249 g/mol. The lowest BCUT2D eigenvalue weighted by Crippen LogP contribution is -2.42. The number of anilines is 1. The number of nitrogens with zero attached hydrogens (tertiary/aromatic N) is 2. The zero-order chi connectivity index (χ0) is 14.6. The third-order valence-electron chi connectivity index (χ3n) is 2.57. The highest BCUT2D eigenvalue weighted by Gasteiger charge is 2.24. The van der Waals surface area contributed by atoms with E-state index in [1.54, 1.807) is 27.8 Å². The molecule has 6 heteroatoms. The first-order chi connectivity index (χ1) is 8.78. The van der Waals surface area contributed by atoms with E-state index in [0.717, 1.165) is 12.3 Å². The van der Waals surface area contributed by atoms with Crippen LogP contribution in [0.15, 0.2) is 12.3 Å². The summed E-state index contributed by atoms with van der Waals surface area (Å²) in [5, 5.41) is 12.6. The van der Waals surface area contributed by atoms with E-state index in [4.69, 9.17) is 0 Å². The summed E-state index contributed by atoms with van der Waals surface area (Å²) in [5.74, 6) is -0.608. The number of halogens is 1. The number of amides is 1. The number of likely N-dealkylation sites (N-methyl/N-ethyl adjacent to an activating group) is 1. The van der Waals surface area contributed by atoms with Crippen molar-refractivity contribution in [2.45, 2.75) is 26.4 Å². The van der Waals surface area contributed by atoms with Crippen molar-refractivity contribution in [3.63, 3.8) is 0 Å². The Morgan fingerprint density at radius 2 is 2.21 bits per heavy atom. The van der Waals surface area contributed by atoms with Gasteiger partial charge in [0, 0.05) is 20.1 Å². The molecule has 0 aliphatic heterocycles. The molecule has 0 atom stereocenters. The molecule has 0 bridgehead atoms. The van der Waals surface area contributed by atoms with Gasteiger partial charge in [-0.25, -0.2) is 9.37 Å². The van der Waals surface area contributed by atoms with Gasteiger partial charge in [-0.15, -0.1) is 0 Å². The smallest absolute Gasteiger partial charge is 0.257 e. The molecule has 0 aromatic carbocycles. The van der Waals surface area contributed by atoms with Crippen molar-refractivity contribution in [3.8, 4) is 0 Å². The van der Waals surface area contributed by atoms with Crippen LogP contribution >= 0.6 is 0 Å². The van der Waals surface area contributed by atoms with E-state index < -0.39 is 11.4 Å². The highest BCUT2D eigenvalue weighted by atomic mass is 19.1. The van der Waals surface area contributed by atoms with Crippen LogP contribution in [0.4, 0.5) is 10.2 Å². The van der Waals surface area contributed by atoms with Gasteiger partial charge < -0.3 is 15.3 Å². The Labute approximate surface area is 112 Å². The van der Waals surface area contributed by atoms with Crippen LogP contribution in [0.1, 0.15) is 31.1 Å². The van der Waals surface area contributed by atoms with Crippen LogP contribution in [0, 0.1) is 5.82 Å². The molecule has 5 nitrogen and oxygen atoms in total. The van der Waals surface area contributed by atoms with Gasteiger partial charge in [-0.05, 0) is 26.8 Å². The van der Waals surface area contributed by atoms with Gasteiger partial charge in [-0.1, -0.05) is 0 Å². The van der Waals surface area contributed by atoms with Crippen molar-refractivity contribution in [1.29, 1.82) is 0 Å². The van der Waals surface area contributed by atoms with E-state index in [2.05, 4.69) is 10.3 Å². The molecule has 2 N–H and O–H groups in total. The quantitative estimate of drug-likeness (QED) is 0.850. The molecule has 1 amide bonds. The molecule has 1 rings (SSSR count). The summed E-state index contributed by atoms with van der Waals surface area (Å²) in [4.78, 5) is 17.6. The van der Waals surface area contributed by atoms with E-state index in [-0.39, 0.29) is 18.0 Å². The summed E-state index contributed by atoms with van der Waals surface area (Å²) < 4.78 is 13.2. The highest BCUT2D eigenvalue weighted by molar-refractivity contribution is 5.98. The Morgan fingerprint density at radius 3 is 2.68 bits per heavy atom. The first-order valence-electron chi connectivity index (χ1n) is 6.13. The molecular formula is C13H20FN3O2. The third-order valence-corrected chi connectivity index (χ3v) is 2.57. The molecule has 1 heterocycles. The summed E-state index contributed by atoms with van der Waals surface area (Å²) in [6.45, 7) is 5.62. The van der Waals surface area contributed by atoms with Gasteiger partial charge >= 0.3 is 0 Å². The maximum absolute atomic E-state index is 13.2. The number of aliphatic hydroxyl groups is 1. The van der Waals surface area contributed by atoms with E-state index >= 15 is 0 Å². The van der Waals surface area contributed by atoms with Crippen LogP contribution < -0.4 is 5.32 Å². The fourth-order valence-corrected chi connectivity index (χ4v) is 1.77. The van der Waals surface area contributed by atoms with E-state index in [1.165, 1.54) is 4.90 Å².